The molecule has 3 heteroatoms. The van der Waals surface area contributed by atoms with Gasteiger partial charge >= 0.3 is 0 Å². The van der Waals surface area contributed by atoms with Gasteiger partial charge in [0, 0.05) is 32.2 Å². The molecule has 1 fully saturated rings. The van der Waals surface area contributed by atoms with Crippen molar-refractivity contribution in [3.8, 4) is 6.07 Å². The molecule has 0 aromatic heterocycles. The maximum Gasteiger partial charge on any atom is 0.0641 e. The number of aryl methyl sites for hydroxylation is 1. The Morgan fingerprint density at radius 2 is 2.18 bits per heavy atom. The molecule has 17 heavy (non-hydrogen) atoms. The fraction of sp³-hybridized carbons (Fsp3) is 0.500. The second-order valence-corrected chi connectivity index (χ2v) is 4.58. The lowest BCUT2D eigenvalue weighted by atomic mass is 10.00. The van der Waals surface area contributed by atoms with Gasteiger partial charge in [-0.1, -0.05) is 29.8 Å². The molecule has 1 saturated heterocycles. The molecule has 3 nitrogen and oxygen atoms in total. The average Bonchev–Trinajstić information content (AvgIpc) is 2.37. The zero-order valence-corrected chi connectivity index (χ0v) is 10.3. The molecule has 1 aliphatic heterocycles. The highest BCUT2D eigenvalue weighted by atomic mass is 15.2. The van der Waals surface area contributed by atoms with Gasteiger partial charge in [-0.15, -0.1) is 0 Å². The molecule has 0 saturated carbocycles. The molecule has 1 aromatic rings. The first-order chi connectivity index (χ1) is 8.31. The van der Waals surface area contributed by atoms with E-state index < -0.39 is 0 Å². The standard InChI is InChI=1S/C14H19N3/c1-12-3-2-4-13(11-12)14(5-6-15)17-9-7-16-8-10-17/h2-4,11,14,16H,5,7-10H2,1H3/t14-/m0/s1. The number of hydrogen-bond donors (Lipinski definition) is 1. The largest absolute Gasteiger partial charge is 0.314 e. The minimum atomic E-state index is 0.252. The molecule has 1 aromatic carbocycles. The molecule has 90 valence electrons. The van der Waals surface area contributed by atoms with Crippen LogP contribution in [0.5, 0.6) is 0 Å². The summed E-state index contributed by atoms with van der Waals surface area (Å²) >= 11 is 0. The number of nitrogens with one attached hydrogen (secondary N) is 1. The van der Waals surface area contributed by atoms with Gasteiger partial charge in [0.1, 0.15) is 0 Å². The third kappa shape index (κ3) is 3.06. The van der Waals surface area contributed by atoms with E-state index in [-0.39, 0.29) is 6.04 Å². The molecule has 1 atom stereocenters. The summed E-state index contributed by atoms with van der Waals surface area (Å²) in [5, 5.41) is 12.4. The Morgan fingerprint density at radius 1 is 1.41 bits per heavy atom. The quantitative estimate of drug-likeness (QED) is 0.860. The summed E-state index contributed by atoms with van der Waals surface area (Å²) in [5.74, 6) is 0. The second kappa shape index (κ2) is 5.81. The molecule has 0 unspecified atom stereocenters. The van der Waals surface area contributed by atoms with E-state index in [9.17, 15) is 0 Å². The predicted molar refractivity (Wildman–Crippen MR) is 68.6 cm³/mol. The Labute approximate surface area is 103 Å². The van der Waals surface area contributed by atoms with Crippen molar-refractivity contribution in [2.24, 2.45) is 0 Å². The predicted octanol–water partition coefficient (Wildman–Crippen LogP) is 1.85. The lowest BCUT2D eigenvalue weighted by Crippen LogP contribution is -2.45. The summed E-state index contributed by atoms with van der Waals surface area (Å²) in [4.78, 5) is 2.41. The molecular weight excluding hydrogens is 210 g/mol. The van der Waals surface area contributed by atoms with Crippen LogP contribution < -0.4 is 5.32 Å². The summed E-state index contributed by atoms with van der Waals surface area (Å²) in [6.45, 7) is 6.20. The zero-order chi connectivity index (χ0) is 12.1. The van der Waals surface area contributed by atoms with Crippen molar-refractivity contribution in [1.29, 1.82) is 5.26 Å². The second-order valence-electron chi connectivity index (χ2n) is 4.58. The topological polar surface area (TPSA) is 39.1 Å². The lowest BCUT2D eigenvalue weighted by Gasteiger charge is -2.34. The van der Waals surface area contributed by atoms with Crippen molar-refractivity contribution in [2.75, 3.05) is 26.2 Å². The van der Waals surface area contributed by atoms with E-state index in [4.69, 9.17) is 5.26 Å². The molecule has 1 aliphatic rings. The monoisotopic (exact) mass is 229 g/mol. The molecule has 0 aliphatic carbocycles. The van der Waals surface area contributed by atoms with Gasteiger partial charge in [0.25, 0.3) is 0 Å². The van der Waals surface area contributed by atoms with E-state index in [1.165, 1.54) is 11.1 Å². The maximum atomic E-state index is 9.01. The molecule has 2 rings (SSSR count). The Kier molecular flexibility index (Phi) is 4.13. The summed E-state index contributed by atoms with van der Waals surface area (Å²) in [6.07, 6.45) is 0.573. The lowest BCUT2D eigenvalue weighted by molar-refractivity contribution is 0.175. The first-order valence-corrected chi connectivity index (χ1v) is 6.19. The molecule has 0 radical (unpaired) electrons. The molecule has 0 bridgehead atoms. The van der Waals surface area contributed by atoms with Crippen LogP contribution >= 0.6 is 0 Å². The summed E-state index contributed by atoms with van der Waals surface area (Å²) in [6, 6.07) is 11.1. The summed E-state index contributed by atoms with van der Waals surface area (Å²) in [5.41, 5.74) is 2.54. The van der Waals surface area contributed by atoms with Gasteiger partial charge in [0.15, 0.2) is 0 Å². The van der Waals surface area contributed by atoms with Crippen LogP contribution in [0.25, 0.3) is 0 Å². The van der Waals surface area contributed by atoms with Gasteiger partial charge < -0.3 is 5.32 Å². The Hall–Kier alpha value is -1.37. The average molecular weight is 229 g/mol. The minimum Gasteiger partial charge on any atom is -0.314 e. The van der Waals surface area contributed by atoms with Gasteiger partial charge in [0.2, 0.25) is 0 Å². The smallest absolute Gasteiger partial charge is 0.0641 e. The van der Waals surface area contributed by atoms with Crippen molar-refractivity contribution in [2.45, 2.75) is 19.4 Å². The van der Waals surface area contributed by atoms with Crippen molar-refractivity contribution < 1.29 is 0 Å². The van der Waals surface area contributed by atoms with Crippen molar-refractivity contribution in [1.82, 2.24) is 10.2 Å². The Balaban J connectivity index is 2.19. The number of benzene rings is 1. The first-order valence-electron chi connectivity index (χ1n) is 6.19. The SMILES string of the molecule is Cc1cccc([C@H](CC#N)N2CCNCC2)c1. The Bertz CT molecular complexity index is 402. The van der Waals surface area contributed by atoms with E-state index in [2.05, 4.69) is 47.5 Å². The van der Waals surface area contributed by atoms with Gasteiger partial charge in [-0.2, -0.15) is 5.26 Å². The molecule has 0 spiro atoms. The van der Waals surface area contributed by atoms with Crippen molar-refractivity contribution in [3.05, 3.63) is 35.4 Å². The number of hydrogen-bond acceptors (Lipinski definition) is 3. The van der Waals surface area contributed by atoms with Crippen LogP contribution in [-0.4, -0.2) is 31.1 Å². The van der Waals surface area contributed by atoms with Crippen LogP contribution in [0.4, 0.5) is 0 Å². The van der Waals surface area contributed by atoms with Crippen LogP contribution in [0.1, 0.15) is 23.6 Å². The first kappa shape index (κ1) is 12.1. The number of nitriles is 1. The third-order valence-electron chi connectivity index (χ3n) is 3.30. The van der Waals surface area contributed by atoms with Gasteiger partial charge in [-0.05, 0) is 12.5 Å². The Morgan fingerprint density at radius 3 is 2.82 bits per heavy atom. The van der Waals surface area contributed by atoms with E-state index in [0.29, 0.717) is 6.42 Å². The highest BCUT2D eigenvalue weighted by Gasteiger charge is 2.21. The number of piperazine rings is 1. The summed E-state index contributed by atoms with van der Waals surface area (Å²) in [7, 11) is 0. The normalized spacial score (nSPS) is 18.6. The van der Waals surface area contributed by atoms with Crippen LogP contribution in [0, 0.1) is 18.3 Å². The van der Waals surface area contributed by atoms with Gasteiger partial charge in [-0.3, -0.25) is 4.90 Å². The van der Waals surface area contributed by atoms with Crippen LogP contribution in [0.2, 0.25) is 0 Å². The van der Waals surface area contributed by atoms with E-state index >= 15 is 0 Å². The van der Waals surface area contributed by atoms with Gasteiger partial charge in [0.05, 0.1) is 12.5 Å². The highest BCUT2D eigenvalue weighted by molar-refractivity contribution is 5.26. The summed E-state index contributed by atoms with van der Waals surface area (Å²) < 4.78 is 0. The van der Waals surface area contributed by atoms with Crippen LogP contribution in [0.15, 0.2) is 24.3 Å². The number of rotatable bonds is 3. The van der Waals surface area contributed by atoms with Gasteiger partial charge in [-0.25, -0.2) is 0 Å². The highest BCUT2D eigenvalue weighted by Crippen LogP contribution is 2.24. The van der Waals surface area contributed by atoms with E-state index in [1.807, 2.05) is 0 Å². The van der Waals surface area contributed by atoms with Crippen molar-refractivity contribution in [3.63, 3.8) is 0 Å². The molecular formula is C14H19N3. The maximum absolute atomic E-state index is 9.01. The zero-order valence-electron chi connectivity index (χ0n) is 10.3. The van der Waals surface area contributed by atoms with Crippen LogP contribution in [0.3, 0.4) is 0 Å². The molecule has 1 N–H and O–H groups in total. The molecule has 0 amide bonds. The fourth-order valence-corrected chi connectivity index (χ4v) is 2.42. The van der Waals surface area contributed by atoms with E-state index in [1.54, 1.807) is 0 Å². The van der Waals surface area contributed by atoms with E-state index in [0.717, 1.165) is 26.2 Å². The van der Waals surface area contributed by atoms with Crippen LogP contribution in [-0.2, 0) is 0 Å². The minimum absolute atomic E-state index is 0.252. The molecule has 1 heterocycles. The fourth-order valence-electron chi connectivity index (χ4n) is 2.42. The van der Waals surface area contributed by atoms with Crippen molar-refractivity contribution >= 4 is 0 Å². The number of nitrogens with zero attached hydrogens (tertiary/aromatic N) is 2. The third-order valence-corrected chi connectivity index (χ3v) is 3.30.